The Bertz CT molecular complexity index is 362. The zero-order valence-corrected chi connectivity index (χ0v) is 14.9. The Labute approximate surface area is 131 Å². The first-order valence-corrected chi connectivity index (χ1v) is 8.65. The molecule has 0 aromatic heterocycles. The molecule has 0 amide bonds. The molecule has 0 spiro atoms. The van der Waals surface area contributed by atoms with Crippen LogP contribution < -0.4 is 0 Å². The van der Waals surface area contributed by atoms with Gasteiger partial charge in [0.05, 0.1) is 7.11 Å². The van der Waals surface area contributed by atoms with E-state index in [0.29, 0.717) is 5.92 Å². The molecule has 0 aliphatic heterocycles. The third-order valence-corrected chi connectivity index (χ3v) is 5.83. The Balaban J connectivity index is 2.51. The fourth-order valence-electron chi connectivity index (χ4n) is 3.75. The van der Waals surface area contributed by atoms with Gasteiger partial charge in [0, 0.05) is 5.57 Å². The van der Waals surface area contributed by atoms with Crippen molar-refractivity contribution in [2.24, 2.45) is 23.7 Å². The van der Waals surface area contributed by atoms with Crippen LogP contribution in [0.3, 0.4) is 0 Å². The maximum Gasteiger partial charge on any atom is 0.333 e. The summed E-state index contributed by atoms with van der Waals surface area (Å²) in [6.07, 6.45) is 7.84. The maximum absolute atomic E-state index is 11.6. The zero-order valence-electron chi connectivity index (χ0n) is 14.9. The minimum absolute atomic E-state index is 0.180. The molecule has 0 aromatic carbocycles. The minimum Gasteiger partial charge on any atom is -0.466 e. The molecule has 0 bridgehead atoms. The predicted molar refractivity (Wildman–Crippen MR) is 89.1 cm³/mol. The molecule has 2 unspecified atom stereocenters. The van der Waals surface area contributed by atoms with Crippen molar-refractivity contribution in [1.29, 1.82) is 0 Å². The summed E-state index contributed by atoms with van der Waals surface area (Å²) in [5, 5.41) is 0. The third-order valence-electron chi connectivity index (χ3n) is 5.83. The Morgan fingerprint density at radius 1 is 1.05 bits per heavy atom. The third kappa shape index (κ3) is 5.16. The van der Waals surface area contributed by atoms with E-state index in [9.17, 15) is 4.79 Å². The molecule has 0 radical (unpaired) electrons. The average Bonchev–Trinajstić information content (AvgIpc) is 2.52. The Hall–Kier alpha value is -0.790. The lowest BCUT2D eigenvalue weighted by molar-refractivity contribution is -0.136. The normalized spacial score (nSPS) is 26.8. The number of hydrogen-bond donors (Lipinski definition) is 0. The lowest BCUT2D eigenvalue weighted by Gasteiger charge is -2.35. The van der Waals surface area contributed by atoms with Gasteiger partial charge in [-0.1, -0.05) is 32.8 Å². The lowest BCUT2D eigenvalue weighted by atomic mass is 9.71. The zero-order chi connectivity index (χ0) is 16.0. The number of ether oxygens (including phenoxy) is 1. The van der Waals surface area contributed by atoms with E-state index in [-0.39, 0.29) is 5.97 Å². The van der Waals surface area contributed by atoms with Crippen LogP contribution in [0, 0.1) is 23.7 Å². The average molecular weight is 294 g/mol. The molecule has 0 saturated heterocycles. The second-order valence-corrected chi connectivity index (χ2v) is 7.14. The van der Waals surface area contributed by atoms with Crippen molar-refractivity contribution >= 4 is 5.97 Å². The summed E-state index contributed by atoms with van der Waals surface area (Å²) in [6, 6.07) is 0. The number of hydrogen-bond acceptors (Lipinski definition) is 2. The van der Waals surface area contributed by atoms with Crippen molar-refractivity contribution < 1.29 is 9.53 Å². The molecular formula is C19H34O2. The predicted octanol–water partition coefficient (Wildman–Crippen LogP) is 5.37. The van der Waals surface area contributed by atoms with Crippen LogP contribution in [0.5, 0.6) is 0 Å². The molecule has 122 valence electrons. The highest BCUT2D eigenvalue weighted by molar-refractivity contribution is 5.88. The van der Waals surface area contributed by atoms with Crippen LogP contribution >= 0.6 is 0 Å². The van der Waals surface area contributed by atoms with E-state index >= 15 is 0 Å². The molecule has 1 aliphatic carbocycles. The van der Waals surface area contributed by atoms with Crippen LogP contribution in [0.2, 0.25) is 0 Å². The molecule has 2 atom stereocenters. The Morgan fingerprint density at radius 3 is 1.95 bits per heavy atom. The molecule has 0 heterocycles. The van der Waals surface area contributed by atoms with Crippen molar-refractivity contribution in [3.05, 3.63) is 11.1 Å². The van der Waals surface area contributed by atoms with Gasteiger partial charge in [0.1, 0.15) is 0 Å². The van der Waals surface area contributed by atoms with Crippen molar-refractivity contribution in [2.45, 2.75) is 73.1 Å². The second kappa shape index (κ2) is 8.60. The van der Waals surface area contributed by atoms with Gasteiger partial charge in [-0.3, -0.25) is 0 Å². The molecule has 1 saturated carbocycles. The molecule has 2 heteroatoms. The summed E-state index contributed by atoms with van der Waals surface area (Å²) >= 11 is 0. The van der Waals surface area contributed by atoms with E-state index in [2.05, 4.69) is 27.7 Å². The molecule has 1 rings (SSSR count). The maximum atomic E-state index is 11.6. The van der Waals surface area contributed by atoms with Gasteiger partial charge in [0.15, 0.2) is 0 Å². The second-order valence-electron chi connectivity index (χ2n) is 7.14. The van der Waals surface area contributed by atoms with E-state index in [1.54, 1.807) is 0 Å². The molecular weight excluding hydrogens is 260 g/mol. The van der Waals surface area contributed by atoms with Crippen molar-refractivity contribution in [2.75, 3.05) is 7.11 Å². The van der Waals surface area contributed by atoms with E-state index in [4.69, 9.17) is 4.74 Å². The highest BCUT2D eigenvalue weighted by Crippen LogP contribution is 2.39. The summed E-state index contributed by atoms with van der Waals surface area (Å²) in [4.78, 5) is 11.6. The largest absolute Gasteiger partial charge is 0.466 e. The van der Waals surface area contributed by atoms with Gasteiger partial charge >= 0.3 is 5.97 Å². The summed E-state index contributed by atoms with van der Waals surface area (Å²) in [6.45, 7) is 11.0. The van der Waals surface area contributed by atoms with Gasteiger partial charge in [-0.25, -0.2) is 4.79 Å². The first-order valence-electron chi connectivity index (χ1n) is 8.65. The topological polar surface area (TPSA) is 26.3 Å². The van der Waals surface area contributed by atoms with Crippen LogP contribution in [0.15, 0.2) is 11.1 Å². The summed E-state index contributed by atoms with van der Waals surface area (Å²) in [5.74, 6) is 3.13. The number of esters is 1. The highest BCUT2D eigenvalue weighted by Gasteiger charge is 2.27. The summed E-state index contributed by atoms with van der Waals surface area (Å²) in [5.41, 5.74) is 1.98. The van der Waals surface area contributed by atoms with Crippen LogP contribution in [-0.2, 0) is 9.53 Å². The number of rotatable bonds is 6. The number of carbonyl (C=O) groups excluding carboxylic acids is 1. The van der Waals surface area contributed by atoms with Crippen molar-refractivity contribution in [1.82, 2.24) is 0 Å². The Kier molecular flexibility index (Phi) is 7.48. The lowest BCUT2D eigenvalue weighted by Crippen LogP contribution is -2.24. The monoisotopic (exact) mass is 294 g/mol. The molecule has 1 aliphatic rings. The molecule has 1 fully saturated rings. The SMILES string of the molecule is CCC(C)C1CCC(C(C)C/C(C)=C(/C)C(=O)OC)CC1. The van der Waals surface area contributed by atoms with Gasteiger partial charge < -0.3 is 4.74 Å². The van der Waals surface area contributed by atoms with E-state index < -0.39 is 0 Å². The summed E-state index contributed by atoms with van der Waals surface area (Å²) < 4.78 is 4.82. The van der Waals surface area contributed by atoms with Gasteiger partial charge in [0.2, 0.25) is 0 Å². The molecule has 21 heavy (non-hydrogen) atoms. The van der Waals surface area contributed by atoms with Crippen LogP contribution in [0.25, 0.3) is 0 Å². The molecule has 0 aromatic rings. The van der Waals surface area contributed by atoms with Gasteiger partial charge in [-0.2, -0.15) is 0 Å². The number of carbonyl (C=O) groups is 1. The van der Waals surface area contributed by atoms with E-state index in [1.165, 1.54) is 44.8 Å². The highest BCUT2D eigenvalue weighted by atomic mass is 16.5. The van der Waals surface area contributed by atoms with Crippen molar-refractivity contribution in [3.8, 4) is 0 Å². The Morgan fingerprint density at radius 2 is 1.52 bits per heavy atom. The number of methoxy groups -OCH3 is 1. The van der Waals surface area contributed by atoms with Crippen molar-refractivity contribution in [3.63, 3.8) is 0 Å². The van der Waals surface area contributed by atoms with E-state index in [0.717, 1.165) is 29.7 Å². The fraction of sp³-hybridized carbons (Fsp3) is 0.842. The van der Waals surface area contributed by atoms with E-state index in [1.807, 2.05) is 6.92 Å². The number of allylic oxidation sites excluding steroid dienone is 1. The van der Waals surface area contributed by atoms with Gasteiger partial charge in [-0.15, -0.1) is 0 Å². The first kappa shape index (κ1) is 18.3. The molecule has 2 nitrogen and oxygen atoms in total. The fourth-order valence-corrected chi connectivity index (χ4v) is 3.75. The minimum atomic E-state index is -0.180. The molecule has 0 N–H and O–H groups in total. The standard InChI is InChI=1S/C19H34O2/c1-7-13(2)17-8-10-18(11-9-17)15(4)12-14(3)16(5)19(20)21-6/h13,15,17-18H,7-12H2,1-6H3/b16-14-. The van der Waals surface area contributed by atoms with Gasteiger partial charge in [0.25, 0.3) is 0 Å². The van der Waals surface area contributed by atoms with Gasteiger partial charge in [-0.05, 0) is 69.6 Å². The first-order chi connectivity index (χ1) is 9.90. The quantitative estimate of drug-likeness (QED) is 0.486. The van der Waals surface area contributed by atoms with Crippen LogP contribution in [-0.4, -0.2) is 13.1 Å². The van der Waals surface area contributed by atoms with Crippen LogP contribution in [0.1, 0.15) is 73.1 Å². The van der Waals surface area contributed by atoms with Crippen LogP contribution in [0.4, 0.5) is 0 Å². The smallest absolute Gasteiger partial charge is 0.333 e. The summed E-state index contributed by atoms with van der Waals surface area (Å²) in [7, 11) is 1.46.